The third-order valence-electron chi connectivity index (χ3n) is 3.78. The van der Waals surface area contributed by atoms with Crippen LogP contribution in [0.5, 0.6) is 0 Å². The molecule has 6 nitrogen and oxygen atoms in total. The minimum Gasteiger partial charge on any atom is -0.299 e. The second kappa shape index (κ2) is 5.24. The van der Waals surface area contributed by atoms with E-state index in [2.05, 4.69) is 15.1 Å². The zero-order chi connectivity index (χ0) is 15.8. The lowest BCUT2D eigenvalue weighted by Gasteiger charge is -2.13. The third kappa shape index (κ3) is 2.44. The molecule has 3 heterocycles. The highest BCUT2D eigenvalue weighted by Crippen LogP contribution is 2.23. The predicted molar refractivity (Wildman–Crippen MR) is 82.2 cm³/mol. The summed E-state index contributed by atoms with van der Waals surface area (Å²) in [6.45, 7) is 0. The van der Waals surface area contributed by atoms with Crippen molar-refractivity contribution < 1.29 is 9.59 Å². The van der Waals surface area contributed by atoms with Gasteiger partial charge in [0.15, 0.2) is 5.78 Å². The van der Waals surface area contributed by atoms with E-state index >= 15 is 0 Å². The molecule has 0 saturated heterocycles. The fraction of sp³-hybridized carbons (Fsp3) is 0.118. The maximum absolute atomic E-state index is 12.0. The lowest BCUT2D eigenvalue weighted by atomic mass is 9.93. The maximum atomic E-state index is 12.0. The van der Waals surface area contributed by atoms with Crippen LogP contribution in [0.3, 0.4) is 0 Å². The Hall–Kier alpha value is -3.15. The molecule has 1 aliphatic carbocycles. The number of Topliss-reactive ketones (excluding diaryl/α,β-unsaturated/α-hetero) is 2. The molecule has 23 heavy (non-hydrogen) atoms. The smallest absolute Gasteiger partial charge is 0.188 e. The van der Waals surface area contributed by atoms with Crippen LogP contribution in [0.1, 0.15) is 22.5 Å². The molecular weight excluding hydrogens is 292 g/mol. The van der Waals surface area contributed by atoms with Crippen molar-refractivity contribution in [2.45, 2.75) is 12.8 Å². The van der Waals surface area contributed by atoms with E-state index in [0.717, 1.165) is 11.3 Å². The molecule has 3 aromatic rings. The van der Waals surface area contributed by atoms with Crippen molar-refractivity contribution >= 4 is 11.6 Å². The molecule has 6 heteroatoms. The number of hydrogen-bond acceptors (Lipinski definition) is 5. The summed E-state index contributed by atoms with van der Waals surface area (Å²) in [6.07, 6.45) is 7.17. The Morgan fingerprint density at radius 2 is 1.96 bits per heavy atom. The minimum absolute atomic E-state index is 0.0542. The number of carbonyl (C=O) groups is 2. The number of nitrogens with zero attached hydrogens (tertiary/aromatic N) is 4. The third-order valence-corrected chi connectivity index (χ3v) is 3.78. The van der Waals surface area contributed by atoms with Gasteiger partial charge < -0.3 is 0 Å². The molecule has 4 rings (SSSR count). The van der Waals surface area contributed by atoms with Crippen molar-refractivity contribution in [2.24, 2.45) is 0 Å². The van der Waals surface area contributed by atoms with Gasteiger partial charge in [-0.1, -0.05) is 6.07 Å². The number of rotatable bonds is 2. The average molecular weight is 304 g/mol. The van der Waals surface area contributed by atoms with Gasteiger partial charge in [0.2, 0.25) is 0 Å². The van der Waals surface area contributed by atoms with E-state index in [-0.39, 0.29) is 24.4 Å². The monoisotopic (exact) mass is 304 g/mol. The van der Waals surface area contributed by atoms with Crippen LogP contribution < -0.4 is 0 Å². The zero-order valence-corrected chi connectivity index (χ0v) is 12.1. The molecule has 0 aromatic carbocycles. The van der Waals surface area contributed by atoms with Crippen molar-refractivity contribution in [1.29, 1.82) is 0 Å². The first-order chi connectivity index (χ1) is 11.2. The van der Waals surface area contributed by atoms with Gasteiger partial charge >= 0.3 is 0 Å². The van der Waals surface area contributed by atoms with Crippen molar-refractivity contribution in [3.8, 4) is 16.9 Å². The Kier molecular flexibility index (Phi) is 3.08. The van der Waals surface area contributed by atoms with Crippen LogP contribution in [0.15, 0.2) is 49.1 Å². The molecular formula is C17H12N4O2. The van der Waals surface area contributed by atoms with Crippen LogP contribution in [-0.4, -0.2) is 31.3 Å². The summed E-state index contributed by atoms with van der Waals surface area (Å²) in [5.41, 5.74) is 3.42. The van der Waals surface area contributed by atoms with Crippen LogP contribution in [0, 0.1) is 0 Å². The minimum atomic E-state index is -0.210. The van der Waals surface area contributed by atoms with Gasteiger partial charge in [0.25, 0.3) is 0 Å². The molecule has 0 unspecified atom stereocenters. The van der Waals surface area contributed by atoms with Crippen LogP contribution in [0.4, 0.5) is 0 Å². The van der Waals surface area contributed by atoms with Crippen molar-refractivity contribution in [1.82, 2.24) is 19.7 Å². The topological polar surface area (TPSA) is 77.7 Å². The summed E-state index contributed by atoms with van der Waals surface area (Å²) in [4.78, 5) is 32.0. The molecule has 0 radical (unpaired) electrons. The Bertz CT molecular complexity index is 915. The van der Waals surface area contributed by atoms with E-state index in [1.165, 1.54) is 0 Å². The highest BCUT2D eigenvalue weighted by Gasteiger charge is 2.24. The quantitative estimate of drug-likeness (QED) is 0.677. The van der Waals surface area contributed by atoms with Crippen molar-refractivity contribution in [3.63, 3.8) is 0 Å². The molecule has 3 aromatic heterocycles. The molecule has 1 aliphatic rings. The number of hydrogen-bond donors (Lipinski definition) is 0. The van der Waals surface area contributed by atoms with Crippen LogP contribution >= 0.6 is 0 Å². The Balaban J connectivity index is 1.72. The van der Waals surface area contributed by atoms with Crippen molar-refractivity contribution in [3.05, 3.63) is 60.3 Å². The molecule has 0 fully saturated rings. The van der Waals surface area contributed by atoms with Gasteiger partial charge in [-0.25, -0.2) is 9.67 Å². The number of carbonyl (C=O) groups excluding carboxylic acids is 2. The van der Waals surface area contributed by atoms with Crippen LogP contribution in [0.25, 0.3) is 16.9 Å². The maximum Gasteiger partial charge on any atom is 0.188 e. The summed E-state index contributed by atoms with van der Waals surface area (Å²) in [7, 11) is 0. The highest BCUT2D eigenvalue weighted by molar-refractivity contribution is 6.11. The van der Waals surface area contributed by atoms with Gasteiger partial charge in [-0.2, -0.15) is 5.10 Å². The van der Waals surface area contributed by atoms with Gasteiger partial charge in [0, 0.05) is 24.4 Å². The van der Waals surface area contributed by atoms with Gasteiger partial charge in [-0.3, -0.25) is 14.6 Å². The van der Waals surface area contributed by atoms with Gasteiger partial charge in [-0.05, 0) is 23.8 Å². The average Bonchev–Trinajstić information content (AvgIpc) is 3.05. The Morgan fingerprint density at radius 3 is 2.78 bits per heavy atom. The molecule has 0 amide bonds. The summed E-state index contributed by atoms with van der Waals surface area (Å²) in [5, 5.41) is 4.30. The number of pyridine rings is 2. The lowest BCUT2D eigenvalue weighted by molar-refractivity contribution is -0.117. The van der Waals surface area contributed by atoms with E-state index in [4.69, 9.17) is 0 Å². The predicted octanol–water partition coefficient (Wildman–Crippen LogP) is 2.03. The van der Waals surface area contributed by atoms with E-state index < -0.39 is 0 Å². The normalized spacial score (nSPS) is 13.9. The fourth-order valence-electron chi connectivity index (χ4n) is 2.66. The highest BCUT2D eigenvalue weighted by atomic mass is 16.1. The standard InChI is InChI=1S/C17H12N4O2/c22-14-6-11-3-4-15(20-17(11)16(23)7-14)12-8-19-21(10-12)13-2-1-5-18-9-13/h1-5,8-10H,6-7H2. The molecule has 112 valence electrons. The van der Waals surface area contributed by atoms with E-state index in [9.17, 15) is 9.59 Å². The molecule has 0 N–H and O–H groups in total. The van der Waals surface area contributed by atoms with Crippen LogP contribution in [-0.2, 0) is 11.2 Å². The fourth-order valence-corrected chi connectivity index (χ4v) is 2.66. The first-order valence-corrected chi connectivity index (χ1v) is 7.21. The summed E-state index contributed by atoms with van der Waals surface area (Å²) in [5.74, 6) is -0.265. The van der Waals surface area contributed by atoms with Crippen LogP contribution in [0.2, 0.25) is 0 Å². The Labute approximate surface area is 131 Å². The molecule has 0 spiro atoms. The van der Waals surface area contributed by atoms with E-state index in [1.807, 2.05) is 24.4 Å². The van der Waals surface area contributed by atoms with E-state index in [0.29, 0.717) is 17.0 Å². The zero-order valence-electron chi connectivity index (χ0n) is 12.1. The first kappa shape index (κ1) is 13.5. The lowest BCUT2D eigenvalue weighted by Crippen LogP contribution is -2.21. The molecule has 0 atom stereocenters. The summed E-state index contributed by atoms with van der Waals surface area (Å²) >= 11 is 0. The SMILES string of the molecule is O=C1CC(=O)c2nc(-c3cnn(-c4cccnc4)c3)ccc2C1. The second-order valence-electron chi connectivity index (χ2n) is 5.40. The molecule has 0 aliphatic heterocycles. The van der Waals surface area contributed by atoms with Gasteiger partial charge in [0.1, 0.15) is 11.5 Å². The second-order valence-corrected chi connectivity index (χ2v) is 5.40. The summed E-state index contributed by atoms with van der Waals surface area (Å²) in [6, 6.07) is 7.35. The van der Waals surface area contributed by atoms with Crippen molar-refractivity contribution in [2.75, 3.05) is 0 Å². The Morgan fingerprint density at radius 1 is 1.04 bits per heavy atom. The molecule has 0 bridgehead atoms. The number of ketones is 2. The first-order valence-electron chi connectivity index (χ1n) is 7.21. The number of fused-ring (bicyclic) bond motifs is 1. The summed E-state index contributed by atoms with van der Waals surface area (Å²) < 4.78 is 1.70. The largest absolute Gasteiger partial charge is 0.299 e. The number of aromatic nitrogens is 4. The molecule has 0 saturated carbocycles. The van der Waals surface area contributed by atoms with Gasteiger partial charge in [-0.15, -0.1) is 0 Å². The van der Waals surface area contributed by atoms with Gasteiger partial charge in [0.05, 0.1) is 30.2 Å². The van der Waals surface area contributed by atoms with E-state index in [1.54, 1.807) is 29.3 Å².